The molecule has 0 fully saturated rings. The lowest BCUT2D eigenvalue weighted by Crippen LogP contribution is -2.29. The Morgan fingerprint density at radius 2 is 2.07 bits per heavy atom. The Morgan fingerprint density at radius 1 is 1.23 bits per heavy atom. The van der Waals surface area contributed by atoms with Crippen LogP contribution >= 0.6 is 0 Å². The van der Waals surface area contributed by atoms with Crippen molar-refractivity contribution in [2.24, 2.45) is 12.0 Å². The molecule has 0 aliphatic carbocycles. The summed E-state index contributed by atoms with van der Waals surface area (Å²) in [6.07, 6.45) is 13.7. The molecule has 0 bridgehead atoms. The van der Waals surface area contributed by atoms with E-state index in [1.807, 2.05) is 6.92 Å². The monoisotopic (exact) mass is 405 g/mol. The van der Waals surface area contributed by atoms with Crippen LogP contribution in [0.25, 0.3) is 16.8 Å². The molecule has 8 nitrogen and oxygen atoms in total. The van der Waals surface area contributed by atoms with Crippen molar-refractivity contribution in [1.29, 1.82) is 0 Å². The molecule has 0 saturated heterocycles. The number of pyridine rings is 1. The van der Waals surface area contributed by atoms with Gasteiger partial charge in [0.2, 0.25) is 5.91 Å². The highest BCUT2D eigenvalue weighted by Crippen LogP contribution is 2.26. The zero-order valence-electron chi connectivity index (χ0n) is 16.6. The Morgan fingerprint density at radius 3 is 2.83 bits per heavy atom. The van der Waals surface area contributed by atoms with E-state index in [9.17, 15) is 9.18 Å². The molecule has 4 rings (SSSR count). The molecular formula is C21H20FN7O. The molecule has 0 radical (unpaired) electrons. The lowest BCUT2D eigenvalue weighted by molar-refractivity contribution is -0.129. The van der Waals surface area contributed by atoms with Gasteiger partial charge in [0.1, 0.15) is 0 Å². The number of fused-ring (bicyclic) bond motifs is 1. The normalized spacial score (nSPS) is 19.1. The first-order valence-corrected chi connectivity index (χ1v) is 9.34. The SMILES string of the molecule is C=C1/C=C\N([C@@H](C)c2nnc3c(F)cc(-c4cnn(C)c4)cn23)C(=O)C/C=C\C=N/1. The Kier molecular flexibility index (Phi) is 5.09. The number of aromatic nitrogens is 5. The van der Waals surface area contributed by atoms with E-state index < -0.39 is 11.9 Å². The van der Waals surface area contributed by atoms with Gasteiger partial charge in [-0.1, -0.05) is 12.7 Å². The van der Waals surface area contributed by atoms with Gasteiger partial charge in [-0.15, -0.1) is 10.2 Å². The van der Waals surface area contributed by atoms with E-state index in [1.54, 1.807) is 65.4 Å². The fourth-order valence-corrected chi connectivity index (χ4v) is 3.22. The molecule has 1 atom stereocenters. The maximum atomic E-state index is 14.7. The number of carbonyl (C=O) groups is 1. The second-order valence-electron chi connectivity index (χ2n) is 6.93. The minimum absolute atomic E-state index is 0.0934. The molecule has 1 aliphatic rings. The van der Waals surface area contributed by atoms with Crippen molar-refractivity contribution < 1.29 is 9.18 Å². The number of aliphatic imine (C=N–C) groups is 1. The first-order valence-electron chi connectivity index (χ1n) is 9.34. The van der Waals surface area contributed by atoms with Gasteiger partial charge in [0, 0.05) is 49.4 Å². The molecular weight excluding hydrogens is 385 g/mol. The summed E-state index contributed by atoms with van der Waals surface area (Å²) in [7, 11) is 1.79. The van der Waals surface area contributed by atoms with Crippen LogP contribution in [0.1, 0.15) is 25.2 Å². The van der Waals surface area contributed by atoms with Crippen LogP contribution in [-0.2, 0) is 11.8 Å². The number of rotatable bonds is 3. The molecule has 0 aromatic carbocycles. The fourth-order valence-electron chi connectivity index (χ4n) is 3.22. The highest BCUT2D eigenvalue weighted by atomic mass is 19.1. The molecule has 1 aliphatic heterocycles. The summed E-state index contributed by atoms with van der Waals surface area (Å²) in [6, 6.07) is 0.897. The molecule has 9 heteroatoms. The number of hydrogen-bond donors (Lipinski definition) is 0. The third-order valence-corrected chi connectivity index (χ3v) is 4.79. The zero-order chi connectivity index (χ0) is 21.3. The number of amides is 1. The summed E-state index contributed by atoms with van der Waals surface area (Å²) in [4.78, 5) is 18.5. The Balaban J connectivity index is 1.77. The third-order valence-electron chi connectivity index (χ3n) is 4.79. The van der Waals surface area contributed by atoms with E-state index in [0.29, 0.717) is 17.1 Å². The first kappa shape index (κ1) is 19.4. The second kappa shape index (κ2) is 7.86. The predicted molar refractivity (Wildman–Crippen MR) is 111 cm³/mol. The lowest BCUT2D eigenvalue weighted by Gasteiger charge is -2.24. The maximum absolute atomic E-state index is 14.7. The molecule has 30 heavy (non-hydrogen) atoms. The summed E-state index contributed by atoms with van der Waals surface area (Å²) in [5, 5.41) is 12.3. The van der Waals surface area contributed by atoms with Crippen molar-refractivity contribution in [1.82, 2.24) is 29.3 Å². The Hall–Kier alpha value is -3.88. The largest absolute Gasteiger partial charge is 0.308 e. The van der Waals surface area contributed by atoms with E-state index in [-0.39, 0.29) is 18.0 Å². The minimum Gasteiger partial charge on any atom is -0.308 e. The molecule has 1 amide bonds. The molecule has 152 valence electrons. The topological polar surface area (TPSA) is 80.7 Å². The first-order chi connectivity index (χ1) is 14.4. The van der Waals surface area contributed by atoms with Gasteiger partial charge in [0.15, 0.2) is 17.3 Å². The van der Waals surface area contributed by atoms with Gasteiger partial charge >= 0.3 is 0 Å². The molecule has 0 unspecified atom stereocenters. The zero-order valence-corrected chi connectivity index (χ0v) is 16.6. The average Bonchev–Trinajstić information content (AvgIpc) is 3.34. The van der Waals surface area contributed by atoms with Gasteiger partial charge in [0.25, 0.3) is 0 Å². The van der Waals surface area contributed by atoms with Crippen LogP contribution in [0, 0.1) is 5.82 Å². The fraction of sp³-hybridized carbons (Fsp3) is 0.190. The van der Waals surface area contributed by atoms with Crippen molar-refractivity contribution in [3.8, 4) is 11.1 Å². The molecule has 3 aromatic heterocycles. The van der Waals surface area contributed by atoms with Crippen LogP contribution in [-0.4, -0.2) is 41.4 Å². The van der Waals surface area contributed by atoms with Gasteiger partial charge in [0.05, 0.1) is 17.9 Å². The Bertz CT molecular complexity index is 1220. The van der Waals surface area contributed by atoms with Gasteiger partial charge in [-0.05, 0) is 25.1 Å². The summed E-state index contributed by atoms with van der Waals surface area (Å²) in [6.45, 7) is 5.65. The van der Waals surface area contributed by atoms with E-state index in [2.05, 4.69) is 26.9 Å². The van der Waals surface area contributed by atoms with Crippen LogP contribution in [0.3, 0.4) is 0 Å². The van der Waals surface area contributed by atoms with Gasteiger partial charge in [-0.2, -0.15) is 5.10 Å². The van der Waals surface area contributed by atoms with E-state index in [4.69, 9.17) is 0 Å². The predicted octanol–water partition coefficient (Wildman–Crippen LogP) is 3.22. The summed E-state index contributed by atoms with van der Waals surface area (Å²) < 4.78 is 17.9. The van der Waals surface area contributed by atoms with Crippen LogP contribution in [0.5, 0.6) is 0 Å². The number of allylic oxidation sites excluding steroid dienone is 2. The van der Waals surface area contributed by atoms with Crippen LogP contribution in [0.4, 0.5) is 4.39 Å². The van der Waals surface area contributed by atoms with E-state index in [1.165, 1.54) is 11.0 Å². The number of nitrogens with zero attached hydrogens (tertiary/aromatic N) is 7. The van der Waals surface area contributed by atoms with Crippen molar-refractivity contribution >= 4 is 17.8 Å². The van der Waals surface area contributed by atoms with Crippen LogP contribution < -0.4 is 0 Å². The van der Waals surface area contributed by atoms with Gasteiger partial charge in [-0.25, -0.2) is 4.39 Å². The second-order valence-corrected chi connectivity index (χ2v) is 6.93. The van der Waals surface area contributed by atoms with Crippen molar-refractivity contribution in [2.75, 3.05) is 0 Å². The highest BCUT2D eigenvalue weighted by molar-refractivity contribution is 5.81. The summed E-state index contributed by atoms with van der Waals surface area (Å²) in [5.74, 6) is -0.211. The number of hydrogen-bond acceptors (Lipinski definition) is 5. The maximum Gasteiger partial charge on any atom is 0.230 e. The number of halogens is 1. The third kappa shape index (κ3) is 3.69. The van der Waals surface area contributed by atoms with E-state index in [0.717, 1.165) is 5.56 Å². The van der Waals surface area contributed by atoms with Crippen molar-refractivity contribution in [3.63, 3.8) is 0 Å². The highest BCUT2D eigenvalue weighted by Gasteiger charge is 2.24. The quantitative estimate of drug-likeness (QED) is 0.670. The summed E-state index contributed by atoms with van der Waals surface area (Å²) >= 11 is 0. The van der Waals surface area contributed by atoms with Crippen molar-refractivity contribution in [2.45, 2.75) is 19.4 Å². The lowest BCUT2D eigenvalue weighted by atomic mass is 10.1. The molecule has 0 N–H and O–H groups in total. The standard InChI is InChI=1S/C21H20FN7O/c1-14-7-9-28(19(30)6-4-5-8-23-14)15(2)20-25-26-21-18(22)10-16(13-29(20)21)17-11-24-27(3)12-17/h4-5,7-13,15H,1,6H2,2-3H3/b5-4-,9-7-,23-8-/t15-/m0/s1. The molecule has 0 spiro atoms. The number of carbonyl (C=O) groups excluding carboxylic acids is 1. The van der Waals surface area contributed by atoms with Crippen LogP contribution in [0.15, 0.2) is 66.4 Å². The minimum atomic E-state index is -0.504. The molecule has 0 saturated carbocycles. The average molecular weight is 405 g/mol. The van der Waals surface area contributed by atoms with Gasteiger partial charge in [-0.3, -0.25) is 18.9 Å². The van der Waals surface area contributed by atoms with E-state index >= 15 is 0 Å². The smallest absolute Gasteiger partial charge is 0.230 e. The van der Waals surface area contributed by atoms with Crippen LogP contribution in [0.2, 0.25) is 0 Å². The number of aryl methyl sites for hydroxylation is 1. The molecule has 4 heterocycles. The van der Waals surface area contributed by atoms with Gasteiger partial charge < -0.3 is 4.90 Å². The summed E-state index contributed by atoms with van der Waals surface area (Å²) in [5.41, 5.74) is 1.99. The molecule has 3 aromatic rings. The van der Waals surface area contributed by atoms with Crippen molar-refractivity contribution in [3.05, 3.63) is 73.0 Å². The Labute approximate surface area is 172 Å².